The van der Waals surface area contributed by atoms with Gasteiger partial charge < -0.3 is 0 Å². The maximum atomic E-state index is 13.0. The van der Waals surface area contributed by atoms with Gasteiger partial charge in [-0.1, -0.05) is 59.8 Å². The van der Waals surface area contributed by atoms with E-state index in [-0.39, 0.29) is 0 Å². The Morgan fingerprint density at radius 2 is 1.68 bits per heavy atom. The summed E-state index contributed by atoms with van der Waals surface area (Å²) in [6, 6.07) is 17.1. The minimum absolute atomic E-state index is 0.335. The lowest BCUT2D eigenvalue weighted by molar-refractivity contribution is 0.254. The first kappa shape index (κ1) is 20.2. The Labute approximate surface area is 167 Å². The number of hydrogen-bond donors (Lipinski definition) is 1. The fourth-order valence-corrected chi connectivity index (χ4v) is 5.15. The average molecular weight is 399 g/mol. The lowest BCUT2D eigenvalue weighted by atomic mass is 9.71. The summed E-state index contributed by atoms with van der Waals surface area (Å²) in [6.45, 7) is 6.95. The summed E-state index contributed by atoms with van der Waals surface area (Å²) < 4.78 is 27.6. The monoisotopic (exact) mass is 398 g/mol. The standard InChI is InChI=1S/C21H26N4O2S/c1-17-9-11-20(12-10-17)28(26,27)25-15-13-21(14-16-25,18(2)23-24-22-3)19-7-5-4-6-8-19/h4-12H,2,13-16H2,1,3H3,(H,22,23). The van der Waals surface area contributed by atoms with E-state index in [4.69, 9.17) is 0 Å². The Kier molecular flexibility index (Phi) is 5.96. The number of nitrogens with one attached hydrogen (secondary N) is 1. The van der Waals surface area contributed by atoms with Crippen molar-refractivity contribution < 1.29 is 8.42 Å². The van der Waals surface area contributed by atoms with Crippen molar-refractivity contribution in [1.82, 2.24) is 9.73 Å². The molecule has 2 aromatic carbocycles. The number of sulfonamides is 1. The topological polar surface area (TPSA) is 74.1 Å². The molecule has 1 aliphatic rings. The van der Waals surface area contributed by atoms with Crippen LogP contribution in [0, 0.1) is 6.92 Å². The minimum Gasteiger partial charge on any atom is -0.264 e. The van der Waals surface area contributed by atoms with Crippen molar-refractivity contribution in [2.45, 2.75) is 30.1 Å². The smallest absolute Gasteiger partial charge is 0.243 e. The quantitative estimate of drug-likeness (QED) is 0.594. The number of rotatable bonds is 6. The van der Waals surface area contributed by atoms with Crippen LogP contribution >= 0.6 is 0 Å². The first-order chi connectivity index (χ1) is 13.4. The SMILES string of the molecule is C=C(NN=NC)C1(c2ccccc2)CCN(S(=O)(=O)c2ccc(C)cc2)CC1. The first-order valence-electron chi connectivity index (χ1n) is 9.27. The van der Waals surface area contributed by atoms with Gasteiger partial charge in [0.2, 0.25) is 10.0 Å². The Bertz CT molecular complexity index is 946. The third kappa shape index (κ3) is 3.86. The zero-order chi connectivity index (χ0) is 20.2. The van der Waals surface area contributed by atoms with E-state index in [0.29, 0.717) is 30.8 Å². The lowest BCUT2D eigenvalue weighted by Crippen LogP contribution is -2.47. The van der Waals surface area contributed by atoms with Crippen LogP contribution in [0.15, 0.2) is 82.1 Å². The molecule has 0 unspecified atom stereocenters. The van der Waals surface area contributed by atoms with Gasteiger partial charge in [0.05, 0.1) is 11.9 Å². The molecule has 1 fully saturated rings. The summed E-state index contributed by atoms with van der Waals surface area (Å²) in [6.07, 6.45) is 1.24. The third-order valence-corrected chi connectivity index (χ3v) is 7.34. The van der Waals surface area contributed by atoms with Crippen LogP contribution in [0.4, 0.5) is 0 Å². The fourth-order valence-electron chi connectivity index (χ4n) is 3.71. The molecule has 148 valence electrons. The number of piperidine rings is 1. The first-order valence-corrected chi connectivity index (χ1v) is 10.7. The zero-order valence-corrected chi connectivity index (χ0v) is 17.1. The molecule has 0 bridgehead atoms. The molecule has 6 nitrogen and oxygen atoms in total. The van der Waals surface area contributed by atoms with Crippen LogP contribution in [0.2, 0.25) is 0 Å². The fraction of sp³-hybridized carbons (Fsp3) is 0.333. The van der Waals surface area contributed by atoms with E-state index in [1.165, 1.54) is 0 Å². The van der Waals surface area contributed by atoms with Gasteiger partial charge in [-0.3, -0.25) is 5.43 Å². The number of nitrogens with zero attached hydrogens (tertiary/aromatic N) is 3. The number of hydrogen-bond acceptors (Lipinski definition) is 4. The molecule has 28 heavy (non-hydrogen) atoms. The summed E-state index contributed by atoms with van der Waals surface area (Å²) in [7, 11) is -1.92. The molecule has 7 heteroatoms. The van der Waals surface area contributed by atoms with Crippen LogP contribution in [0.3, 0.4) is 0 Å². The summed E-state index contributed by atoms with van der Waals surface area (Å²) >= 11 is 0. The van der Waals surface area contributed by atoms with Gasteiger partial charge in [-0.25, -0.2) is 8.42 Å². The van der Waals surface area contributed by atoms with E-state index in [9.17, 15) is 8.42 Å². The Hall–Kier alpha value is -2.51. The van der Waals surface area contributed by atoms with Gasteiger partial charge >= 0.3 is 0 Å². The van der Waals surface area contributed by atoms with Crippen LogP contribution in [0.1, 0.15) is 24.0 Å². The third-order valence-electron chi connectivity index (χ3n) is 5.42. The van der Waals surface area contributed by atoms with Crippen molar-refractivity contribution in [2.24, 2.45) is 10.3 Å². The summed E-state index contributed by atoms with van der Waals surface area (Å²) in [5.74, 6) is 0. The van der Waals surface area contributed by atoms with E-state index in [0.717, 1.165) is 16.8 Å². The maximum absolute atomic E-state index is 13.0. The molecule has 3 rings (SSSR count). The van der Waals surface area contributed by atoms with Crippen LogP contribution in [-0.2, 0) is 15.4 Å². The molecule has 0 spiro atoms. The van der Waals surface area contributed by atoms with Gasteiger partial charge in [-0.15, -0.1) is 0 Å². The van der Waals surface area contributed by atoms with Crippen molar-refractivity contribution in [3.05, 3.63) is 78.0 Å². The number of aryl methyl sites for hydroxylation is 1. The molecule has 0 aliphatic carbocycles. The van der Waals surface area contributed by atoms with Gasteiger partial charge in [0, 0.05) is 24.2 Å². The molecular weight excluding hydrogens is 372 g/mol. The maximum Gasteiger partial charge on any atom is 0.243 e. The normalized spacial score (nSPS) is 17.5. The van der Waals surface area contributed by atoms with Gasteiger partial charge in [-0.2, -0.15) is 9.42 Å². The lowest BCUT2D eigenvalue weighted by Gasteiger charge is -2.42. The van der Waals surface area contributed by atoms with Crippen molar-refractivity contribution >= 4 is 10.0 Å². The zero-order valence-electron chi connectivity index (χ0n) is 16.3. The highest BCUT2D eigenvalue weighted by atomic mass is 32.2. The Morgan fingerprint density at radius 3 is 2.25 bits per heavy atom. The number of allylic oxidation sites excluding steroid dienone is 1. The molecule has 0 saturated carbocycles. The summed E-state index contributed by atoms with van der Waals surface area (Å²) in [4.78, 5) is 0.335. The Morgan fingerprint density at radius 1 is 1.07 bits per heavy atom. The molecule has 2 aromatic rings. The van der Waals surface area contributed by atoms with Crippen LogP contribution in [0.25, 0.3) is 0 Å². The molecule has 1 N–H and O–H groups in total. The van der Waals surface area contributed by atoms with Crippen LogP contribution in [0.5, 0.6) is 0 Å². The molecule has 1 heterocycles. The Balaban J connectivity index is 1.87. The summed E-state index contributed by atoms with van der Waals surface area (Å²) in [5, 5.41) is 7.63. The van der Waals surface area contributed by atoms with E-state index in [2.05, 4.69) is 34.5 Å². The van der Waals surface area contributed by atoms with Crippen molar-refractivity contribution in [2.75, 3.05) is 20.1 Å². The molecule has 1 aliphatic heterocycles. The molecular formula is C21H26N4O2S. The predicted molar refractivity (Wildman–Crippen MR) is 110 cm³/mol. The molecule has 1 saturated heterocycles. The molecule has 0 atom stereocenters. The highest BCUT2D eigenvalue weighted by Crippen LogP contribution is 2.41. The van der Waals surface area contributed by atoms with E-state index in [1.807, 2.05) is 37.3 Å². The second kappa shape index (κ2) is 8.24. The largest absolute Gasteiger partial charge is 0.264 e. The van der Waals surface area contributed by atoms with E-state index in [1.54, 1.807) is 23.5 Å². The van der Waals surface area contributed by atoms with E-state index >= 15 is 0 Å². The molecule has 0 amide bonds. The molecule has 0 aromatic heterocycles. The van der Waals surface area contributed by atoms with Gasteiger partial charge in [0.15, 0.2) is 0 Å². The molecule has 0 radical (unpaired) electrons. The predicted octanol–water partition coefficient (Wildman–Crippen LogP) is 3.82. The van der Waals surface area contributed by atoms with Crippen LogP contribution < -0.4 is 5.43 Å². The highest BCUT2D eigenvalue weighted by Gasteiger charge is 2.42. The van der Waals surface area contributed by atoms with Crippen LogP contribution in [-0.4, -0.2) is 32.9 Å². The van der Waals surface area contributed by atoms with Gasteiger partial charge in [0.25, 0.3) is 0 Å². The average Bonchev–Trinajstić information content (AvgIpc) is 2.73. The van der Waals surface area contributed by atoms with Crippen molar-refractivity contribution in [3.63, 3.8) is 0 Å². The second-order valence-corrected chi connectivity index (χ2v) is 8.99. The van der Waals surface area contributed by atoms with Gasteiger partial charge in [0.1, 0.15) is 0 Å². The van der Waals surface area contributed by atoms with Gasteiger partial charge in [-0.05, 0) is 37.5 Å². The van der Waals surface area contributed by atoms with E-state index < -0.39 is 15.4 Å². The second-order valence-electron chi connectivity index (χ2n) is 7.06. The number of benzene rings is 2. The van der Waals surface area contributed by atoms with Crippen molar-refractivity contribution in [1.29, 1.82) is 0 Å². The minimum atomic E-state index is -3.51. The van der Waals surface area contributed by atoms with Crippen molar-refractivity contribution in [3.8, 4) is 0 Å². The summed E-state index contributed by atoms with van der Waals surface area (Å²) in [5.41, 5.74) is 5.41. The highest BCUT2D eigenvalue weighted by molar-refractivity contribution is 7.89.